The first-order valence-electron chi connectivity index (χ1n) is 12.5. The molecule has 36 heavy (non-hydrogen) atoms. The molecule has 8 heteroatoms. The molecular weight excluding hydrogens is 492 g/mol. The summed E-state index contributed by atoms with van der Waals surface area (Å²) < 4.78 is 47.7. The van der Waals surface area contributed by atoms with Crippen LogP contribution in [-0.4, -0.2) is 43.8 Å². The van der Waals surface area contributed by atoms with Gasteiger partial charge in [0.25, 0.3) is 10.1 Å². The second kappa shape index (κ2) is 12.6. The van der Waals surface area contributed by atoms with Gasteiger partial charge in [0.1, 0.15) is 11.5 Å². The third-order valence-electron chi connectivity index (χ3n) is 7.14. The summed E-state index contributed by atoms with van der Waals surface area (Å²) >= 11 is 0. The molecule has 1 unspecified atom stereocenters. The molecule has 0 bridgehead atoms. The summed E-state index contributed by atoms with van der Waals surface area (Å²) in [7, 11) is -2.58. The fourth-order valence-electron chi connectivity index (χ4n) is 3.95. The van der Waals surface area contributed by atoms with Gasteiger partial charge in [-0.05, 0) is 67.6 Å². The molecule has 0 spiro atoms. The van der Waals surface area contributed by atoms with Crippen LogP contribution in [-0.2, 0) is 25.1 Å². The molecular formula is C28H44O6SSi. The Kier molecular flexibility index (Phi) is 10.6. The average molecular weight is 537 g/mol. The third-order valence-corrected chi connectivity index (χ3v) is 12.2. The van der Waals surface area contributed by atoms with E-state index in [4.69, 9.17) is 18.1 Å². The molecule has 0 fully saturated rings. The molecule has 2 aromatic carbocycles. The highest BCUT2D eigenvalue weighted by Crippen LogP contribution is 2.44. The van der Waals surface area contributed by atoms with Gasteiger partial charge < -0.3 is 13.9 Å². The largest absolute Gasteiger partial charge is 0.496 e. The van der Waals surface area contributed by atoms with Crippen LogP contribution in [0.3, 0.4) is 0 Å². The maximum Gasteiger partial charge on any atom is 0.264 e. The van der Waals surface area contributed by atoms with Gasteiger partial charge >= 0.3 is 0 Å². The lowest BCUT2D eigenvalue weighted by molar-refractivity contribution is 0.0782. The predicted octanol–water partition coefficient (Wildman–Crippen LogP) is 6.69. The molecule has 202 valence electrons. The average Bonchev–Trinajstić information content (AvgIpc) is 2.79. The maximum atomic E-state index is 12.0. The van der Waals surface area contributed by atoms with Gasteiger partial charge in [-0.25, -0.2) is 0 Å². The Morgan fingerprint density at radius 2 is 1.53 bits per heavy atom. The number of methoxy groups -OCH3 is 2. The zero-order valence-electron chi connectivity index (χ0n) is 23.4. The lowest BCUT2D eigenvalue weighted by Crippen LogP contribution is -2.43. The smallest absolute Gasteiger partial charge is 0.264 e. The zero-order chi connectivity index (χ0) is 27.1. The molecule has 0 heterocycles. The topological polar surface area (TPSA) is 71.1 Å². The number of hydrogen-bond acceptors (Lipinski definition) is 6. The van der Waals surface area contributed by atoms with Crippen molar-refractivity contribution in [2.75, 3.05) is 27.1 Å². The van der Waals surface area contributed by atoms with Gasteiger partial charge in [-0.1, -0.05) is 51.1 Å². The minimum atomic E-state index is -3.61. The molecule has 0 saturated carbocycles. The highest BCUT2D eigenvalue weighted by molar-refractivity contribution is 7.85. The molecule has 0 amide bonds. The molecule has 0 aliphatic carbocycles. The van der Waals surface area contributed by atoms with Crippen molar-refractivity contribution in [2.45, 2.75) is 71.2 Å². The Morgan fingerprint density at radius 1 is 0.972 bits per heavy atom. The Bertz CT molecular complexity index is 1050. The van der Waals surface area contributed by atoms with E-state index in [9.17, 15) is 8.42 Å². The van der Waals surface area contributed by atoms with Gasteiger partial charge in [0, 0.05) is 11.5 Å². The van der Waals surface area contributed by atoms with Crippen molar-refractivity contribution in [2.24, 2.45) is 5.92 Å². The summed E-state index contributed by atoms with van der Waals surface area (Å²) in [5, 5.41) is -0.0314. The van der Waals surface area contributed by atoms with Crippen LogP contribution in [0, 0.1) is 12.8 Å². The SMILES string of the molecule is COc1cc([C@@H](O[Si](C)(C)C(C)(C)C)C(CCCc2ccccc2)COS(C)(=O)=O)cc(OC)c1C. The summed E-state index contributed by atoms with van der Waals surface area (Å²) in [4.78, 5) is 0. The van der Waals surface area contributed by atoms with Gasteiger partial charge in [-0.3, -0.25) is 4.18 Å². The summed E-state index contributed by atoms with van der Waals surface area (Å²) in [5.74, 6) is 1.23. The molecule has 0 radical (unpaired) electrons. The zero-order valence-corrected chi connectivity index (χ0v) is 25.2. The fraction of sp³-hybridized carbons (Fsp3) is 0.571. The van der Waals surface area contributed by atoms with E-state index >= 15 is 0 Å². The van der Waals surface area contributed by atoms with Gasteiger partial charge in [-0.2, -0.15) is 8.42 Å². The number of rotatable bonds is 13. The number of ether oxygens (including phenoxy) is 2. The molecule has 0 aliphatic rings. The van der Waals surface area contributed by atoms with E-state index in [0.717, 1.165) is 36.6 Å². The van der Waals surface area contributed by atoms with E-state index in [-0.39, 0.29) is 23.7 Å². The van der Waals surface area contributed by atoms with E-state index in [1.807, 2.05) is 37.3 Å². The molecule has 0 saturated heterocycles. The monoisotopic (exact) mass is 536 g/mol. The van der Waals surface area contributed by atoms with Crippen LogP contribution in [0.2, 0.25) is 18.1 Å². The minimum Gasteiger partial charge on any atom is -0.496 e. The van der Waals surface area contributed by atoms with E-state index < -0.39 is 18.4 Å². The number of aryl methyl sites for hydroxylation is 1. The fourth-order valence-corrected chi connectivity index (χ4v) is 5.69. The predicted molar refractivity (Wildman–Crippen MR) is 149 cm³/mol. The van der Waals surface area contributed by atoms with Crippen LogP contribution in [0.25, 0.3) is 0 Å². The Hall–Kier alpha value is -1.87. The second-order valence-corrected chi connectivity index (χ2v) is 17.4. The maximum absolute atomic E-state index is 12.0. The van der Waals surface area contributed by atoms with E-state index in [0.29, 0.717) is 11.5 Å². The summed E-state index contributed by atoms with van der Waals surface area (Å²) in [6.45, 7) is 13.0. The van der Waals surface area contributed by atoms with Crippen LogP contribution in [0.1, 0.15) is 56.4 Å². The molecule has 0 N–H and O–H groups in total. The van der Waals surface area contributed by atoms with Crippen LogP contribution >= 0.6 is 0 Å². The lowest BCUT2D eigenvalue weighted by atomic mass is 9.90. The van der Waals surface area contributed by atoms with Crippen LogP contribution in [0.5, 0.6) is 11.5 Å². The van der Waals surface area contributed by atoms with Crippen LogP contribution in [0.4, 0.5) is 0 Å². The van der Waals surface area contributed by atoms with E-state index in [1.165, 1.54) is 5.56 Å². The van der Waals surface area contributed by atoms with Crippen LogP contribution in [0.15, 0.2) is 42.5 Å². The molecule has 2 aromatic rings. The quantitative estimate of drug-likeness (QED) is 0.210. The van der Waals surface area contributed by atoms with Gasteiger partial charge in [0.05, 0.1) is 33.2 Å². The number of hydrogen-bond donors (Lipinski definition) is 0. The third kappa shape index (κ3) is 8.61. The van der Waals surface area contributed by atoms with Crippen molar-refractivity contribution in [3.63, 3.8) is 0 Å². The normalized spacial score (nSPS) is 14.4. The molecule has 6 nitrogen and oxygen atoms in total. The van der Waals surface area contributed by atoms with E-state index in [1.54, 1.807) is 14.2 Å². The minimum absolute atomic E-state index is 0.0314. The molecule has 2 atom stereocenters. The first kappa shape index (κ1) is 30.4. The van der Waals surface area contributed by atoms with Crippen molar-refractivity contribution < 1.29 is 26.5 Å². The van der Waals surface area contributed by atoms with Crippen molar-refractivity contribution in [1.82, 2.24) is 0 Å². The van der Waals surface area contributed by atoms with Gasteiger partial charge in [0.15, 0.2) is 8.32 Å². The second-order valence-electron chi connectivity index (χ2n) is 11.0. The Labute approximate surface area is 219 Å². The van der Waals surface area contributed by atoms with Crippen LogP contribution < -0.4 is 9.47 Å². The van der Waals surface area contributed by atoms with Gasteiger partial charge in [-0.15, -0.1) is 0 Å². The van der Waals surface area contributed by atoms with Crippen molar-refractivity contribution >= 4 is 18.4 Å². The van der Waals surface area contributed by atoms with Crippen molar-refractivity contribution in [3.05, 3.63) is 59.2 Å². The highest BCUT2D eigenvalue weighted by atomic mass is 32.2. The lowest BCUT2D eigenvalue weighted by Gasteiger charge is -2.42. The highest BCUT2D eigenvalue weighted by Gasteiger charge is 2.41. The first-order valence-corrected chi connectivity index (χ1v) is 17.2. The summed E-state index contributed by atoms with van der Waals surface area (Å²) in [6, 6.07) is 14.3. The molecule has 2 rings (SSSR count). The summed E-state index contributed by atoms with van der Waals surface area (Å²) in [6.07, 6.45) is 3.22. The first-order chi connectivity index (χ1) is 16.7. The van der Waals surface area contributed by atoms with Crippen molar-refractivity contribution in [1.29, 1.82) is 0 Å². The number of benzene rings is 2. The van der Waals surface area contributed by atoms with E-state index in [2.05, 4.69) is 46.0 Å². The molecule has 0 aromatic heterocycles. The standard InChI is InChI=1S/C28H44O6SSi/c1-21-25(31-5)18-24(19-26(21)32-6)27(34-36(8,9)28(2,3)4)23(20-33-35(7,29)30)17-13-16-22-14-11-10-12-15-22/h10-12,14-15,18-19,23,27H,13,16-17,20H2,1-9H3/t23?,27-/m0/s1. The van der Waals surface area contributed by atoms with Crippen molar-refractivity contribution in [3.8, 4) is 11.5 Å². The van der Waals surface area contributed by atoms with Gasteiger partial charge in [0.2, 0.25) is 0 Å². The Morgan fingerprint density at radius 3 is 2.00 bits per heavy atom. The molecule has 0 aliphatic heterocycles. The Balaban J connectivity index is 2.52. The summed E-state index contributed by atoms with van der Waals surface area (Å²) in [5.41, 5.74) is 3.06.